The van der Waals surface area contributed by atoms with Crippen LogP contribution in [-0.4, -0.2) is 12.6 Å². The lowest BCUT2D eigenvalue weighted by Crippen LogP contribution is -2.23. The van der Waals surface area contributed by atoms with Crippen molar-refractivity contribution in [2.45, 2.75) is 18.9 Å². The van der Waals surface area contributed by atoms with Crippen molar-refractivity contribution >= 4 is 0 Å². The van der Waals surface area contributed by atoms with Gasteiger partial charge in [0.2, 0.25) is 0 Å². The smallest absolute Gasteiger partial charge is 0.0637 e. The lowest BCUT2D eigenvalue weighted by Gasteiger charge is -2.16. The molecule has 0 aromatic rings. The first-order valence-corrected chi connectivity index (χ1v) is 3.56. The van der Waals surface area contributed by atoms with Gasteiger partial charge in [-0.15, -0.1) is 0 Å². The van der Waals surface area contributed by atoms with Crippen molar-refractivity contribution in [2.24, 2.45) is 5.92 Å². The van der Waals surface area contributed by atoms with Crippen LogP contribution < -0.4 is 10.9 Å². The second-order valence-electron chi connectivity index (χ2n) is 2.75. The molecule has 1 radical (unpaired) electrons. The van der Waals surface area contributed by atoms with E-state index in [0.717, 1.165) is 12.5 Å². The number of hydrogen-bond acceptors (Lipinski definition) is 1. The van der Waals surface area contributed by atoms with Crippen molar-refractivity contribution < 1.29 is 0 Å². The minimum atomic E-state index is 0.499. The van der Waals surface area contributed by atoms with Crippen molar-refractivity contribution in [2.75, 3.05) is 6.54 Å². The molecule has 0 aromatic carbocycles. The first kappa shape index (κ1) is 5.45. The Kier molecular flexibility index (Phi) is 1.28. The first-order valence-electron chi connectivity index (χ1n) is 3.56. The monoisotopic (exact) mass is 123 g/mol. The first-order chi connectivity index (χ1) is 4.47. The van der Waals surface area contributed by atoms with Gasteiger partial charge in [0.25, 0.3) is 0 Å². The average Bonchev–Trinajstić information content (AvgIpc) is 2.33. The molecule has 1 heterocycles. The van der Waals surface area contributed by atoms with Crippen LogP contribution >= 0.6 is 0 Å². The molecule has 2 rings (SSSR count). The summed E-state index contributed by atoms with van der Waals surface area (Å²) in [5, 5.41) is 0. The van der Waals surface area contributed by atoms with E-state index >= 15 is 0 Å². The molecule has 2 unspecified atom stereocenters. The quantitative estimate of drug-likeness (QED) is 0.465. The van der Waals surface area contributed by atoms with Gasteiger partial charge in [-0.2, -0.15) is 5.43 Å². The van der Waals surface area contributed by atoms with Crippen LogP contribution in [0.2, 0.25) is 0 Å². The lowest BCUT2D eigenvalue weighted by atomic mass is 9.92. The van der Waals surface area contributed by atoms with Crippen LogP contribution in [0.1, 0.15) is 12.8 Å². The van der Waals surface area contributed by atoms with Crippen LogP contribution in [0, 0.1) is 5.92 Å². The maximum Gasteiger partial charge on any atom is 0.0637 e. The van der Waals surface area contributed by atoms with E-state index < -0.39 is 0 Å². The largest absolute Gasteiger partial charge is 0.239 e. The highest BCUT2D eigenvalue weighted by Crippen LogP contribution is 2.21. The summed E-state index contributed by atoms with van der Waals surface area (Å²) in [4.78, 5) is 0. The molecular weight excluding hydrogens is 112 g/mol. The molecule has 0 amide bonds. The van der Waals surface area contributed by atoms with Crippen molar-refractivity contribution in [3.05, 3.63) is 12.2 Å². The maximum absolute atomic E-state index is 4.22. The van der Waals surface area contributed by atoms with E-state index in [1.54, 1.807) is 0 Å². The van der Waals surface area contributed by atoms with E-state index in [4.69, 9.17) is 0 Å². The molecular formula is C7H11N2. The maximum atomic E-state index is 4.22. The van der Waals surface area contributed by atoms with E-state index in [-0.39, 0.29) is 0 Å². The van der Waals surface area contributed by atoms with Gasteiger partial charge in [-0.25, -0.2) is 5.43 Å². The van der Waals surface area contributed by atoms with Gasteiger partial charge < -0.3 is 0 Å². The fourth-order valence-electron chi connectivity index (χ4n) is 1.52. The predicted octanol–water partition coefficient (Wildman–Crippen LogP) is 0.444. The number of fused-ring (bicyclic) bond motifs is 1. The second kappa shape index (κ2) is 2.12. The second-order valence-corrected chi connectivity index (χ2v) is 2.75. The molecule has 1 N–H and O–H groups in total. The summed E-state index contributed by atoms with van der Waals surface area (Å²) in [7, 11) is 0. The van der Waals surface area contributed by atoms with Crippen LogP contribution in [0.25, 0.3) is 0 Å². The molecule has 1 aliphatic carbocycles. The number of hydrogen-bond donors (Lipinski definition) is 1. The highest BCUT2D eigenvalue weighted by Gasteiger charge is 2.26. The van der Waals surface area contributed by atoms with Gasteiger partial charge in [0.15, 0.2) is 0 Å². The summed E-state index contributed by atoms with van der Waals surface area (Å²) in [5.74, 6) is 0.801. The van der Waals surface area contributed by atoms with Gasteiger partial charge >= 0.3 is 0 Å². The Balaban J connectivity index is 2.10. The predicted molar refractivity (Wildman–Crippen MR) is 35.8 cm³/mol. The summed E-state index contributed by atoms with van der Waals surface area (Å²) in [6, 6.07) is 0.499. The van der Waals surface area contributed by atoms with Gasteiger partial charge in [-0.3, -0.25) is 0 Å². The van der Waals surface area contributed by atoms with Crippen molar-refractivity contribution in [3.8, 4) is 0 Å². The molecule has 2 aliphatic rings. The molecule has 0 spiro atoms. The molecule has 0 saturated carbocycles. The summed E-state index contributed by atoms with van der Waals surface area (Å²) in [6.45, 7) is 1.09. The Bertz CT molecular complexity index is 131. The zero-order valence-corrected chi connectivity index (χ0v) is 5.38. The highest BCUT2D eigenvalue weighted by molar-refractivity contribution is 5.03. The van der Waals surface area contributed by atoms with Crippen LogP contribution in [-0.2, 0) is 0 Å². The van der Waals surface area contributed by atoms with Crippen LogP contribution in [0.3, 0.4) is 0 Å². The molecule has 1 fully saturated rings. The van der Waals surface area contributed by atoms with Gasteiger partial charge in [-0.1, -0.05) is 12.2 Å². The fourth-order valence-corrected chi connectivity index (χ4v) is 1.52. The van der Waals surface area contributed by atoms with E-state index in [2.05, 4.69) is 23.0 Å². The van der Waals surface area contributed by atoms with E-state index in [1.165, 1.54) is 12.8 Å². The number of allylic oxidation sites excluding steroid dienone is 1. The zero-order chi connectivity index (χ0) is 6.10. The number of nitrogens with zero attached hydrogens (tertiary/aromatic N) is 1. The lowest BCUT2D eigenvalue weighted by molar-refractivity contribution is 0.474. The van der Waals surface area contributed by atoms with Crippen molar-refractivity contribution in [1.29, 1.82) is 0 Å². The van der Waals surface area contributed by atoms with E-state index in [1.807, 2.05) is 0 Å². The summed E-state index contributed by atoms with van der Waals surface area (Å²) in [5.41, 5.74) is 7.26. The van der Waals surface area contributed by atoms with Gasteiger partial charge in [0.1, 0.15) is 0 Å². The summed E-state index contributed by atoms with van der Waals surface area (Å²) in [6.07, 6.45) is 7.02. The molecule has 2 heteroatoms. The minimum absolute atomic E-state index is 0.499. The number of nitrogens with one attached hydrogen (secondary N) is 1. The summed E-state index contributed by atoms with van der Waals surface area (Å²) < 4.78 is 0. The fraction of sp³-hybridized carbons (Fsp3) is 0.714. The molecule has 0 bridgehead atoms. The Hall–Kier alpha value is -0.340. The van der Waals surface area contributed by atoms with Gasteiger partial charge in [0.05, 0.1) is 6.04 Å². The third kappa shape index (κ3) is 0.884. The molecule has 2 nitrogen and oxygen atoms in total. The Morgan fingerprint density at radius 2 is 2.56 bits per heavy atom. The van der Waals surface area contributed by atoms with Crippen molar-refractivity contribution in [1.82, 2.24) is 10.9 Å². The molecule has 0 aromatic heterocycles. The standard InChI is InChI=1S/C7H11N2/c1-2-4-7-6(3-1)5-8-9-7/h2,4,6-8H,1,3,5H2. The van der Waals surface area contributed by atoms with E-state index in [9.17, 15) is 0 Å². The Morgan fingerprint density at radius 3 is 3.44 bits per heavy atom. The third-order valence-corrected chi connectivity index (χ3v) is 2.11. The third-order valence-electron chi connectivity index (χ3n) is 2.11. The minimum Gasteiger partial charge on any atom is -0.239 e. The molecule has 2 atom stereocenters. The summed E-state index contributed by atoms with van der Waals surface area (Å²) >= 11 is 0. The SMILES string of the molecule is C1=CC2[N]NCC2CC1. The topological polar surface area (TPSA) is 26.1 Å². The molecule has 9 heavy (non-hydrogen) atoms. The average molecular weight is 123 g/mol. The van der Waals surface area contributed by atoms with Gasteiger partial charge in [0, 0.05) is 6.54 Å². The Labute approximate surface area is 55.3 Å². The van der Waals surface area contributed by atoms with Crippen LogP contribution in [0.5, 0.6) is 0 Å². The molecule has 49 valence electrons. The molecule has 1 saturated heterocycles. The van der Waals surface area contributed by atoms with Crippen molar-refractivity contribution in [3.63, 3.8) is 0 Å². The molecule has 1 aliphatic heterocycles. The van der Waals surface area contributed by atoms with E-state index in [0.29, 0.717) is 6.04 Å². The van der Waals surface area contributed by atoms with Crippen LogP contribution in [0.15, 0.2) is 12.2 Å². The highest BCUT2D eigenvalue weighted by atomic mass is 15.4. The normalized spacial score (nSPS) is 40.9. The van der Waals surface area contributed by atoms with Gasteiger partial charge in [-0.05, 0) is 18.8 Å². The van der Waals surface area contributed by atoms with Crippen LogP contribution in [0.4, 0.5) is 0 Å². The zero-order valence-electron chi connectivity index (χ0n) is 5.38. The Morgan fingerprint density at radius 1 is 1.56 bits per heavy atom. The number of rotatable bonds is 0.